The van der Waals surface area contributed by atoms with Crippen molar-refractivity contribution in [3.8, 4) is 0 Å². The summed E-state index contributed by atoms with van der Waals surface area (Å²) in [6.45, 7) is 6.38. The van der Waals surface area contributed by atoms with E-state index in [1.165, 1.54) is 11.1 Å². The molecule has 0 aliphatic carbocycles. The van der Waals surface area contributed by atoms with E-state index in [2.05, 4.69) is 70.7 Å². The molecule has 1 aromatic heterocycles. The zero-order valence-corrected chi connectivity index (χ0v) is 14.4. The first kappa shape index (κ1) is 16.2. The largest absolute Gasteiger partial charge is 0.310 e. The molecule has 2 aromatic rings. The van der Waals surface area contributed by atoms with Gasteiger partial charge in [-0.15, -0.1) is 0 Å². The molecule has 114 valence electrons. The van der Waals surface area contributed by atoms with Gasteiger partial charge in [0, 0.05) is 28.8 Å². The SMILES string of the molecule is CCCNC(Cc1cccc(Br)c1)c1cnn(CCC)c1. The Morgan fingerprint density at radius 1 is 1.29 bits per heavy atom. The first-order chi connectivity index (χ1) is 10.2. The van der Waals surface area contributed by atoms with Crippen LogP contribution in [0.5, 0.6) is 0 Å². The van der Waals surface area contributed by atoms with Gasteiger partial charge < -0.3 is 5.32 Å². The van der Waals surface area contributed by atoms with E-state index in [0.29, 0.717) is 6.04 Å². The fourth-order valence-electron chi connectivity index (χ4n) is 2.44. The van der Waals surface area contributed by atoms with Crippen LogP contribution in [-0.4, -0.2) is 16.3 Å². The minimum Gasteiger partial charge on any atom is -0.310 e. The van der Waals surface area contributed by atoms with Gasteiger partial charge in [0.25, 0.3) is 0 Å². The minimum absolute atomic E-state index is 0.324. The molecule has 0 radical (unpaired) electrons. The Bertz CT molecular complexity index is 550. The lowest BCUT2D eigenvalue weighted by Gasteiger charge is -2.17. The summed E-state index contributed by atoms with van der Waals surface area (Å²) in [5, 5.41) is 8.10. The Morgan fingerprint density at radius 2 is 2.14 bits per heavy atom. The van der Waals surface area contributed by atoms with Crippen LogP contribution in [0.4, 0.5) is 0 Å². The molecule has 0 amide bonds. The Kier molecular flexibility index (Phi) is 6.46. The van der Waals surface area contributed by atoms with Gasteiger partial charge in [-0.3, -0.25) is 4.68 Å². The summed E-state index contributed by atoms with van der Waals surface area (Å²) in [6.07, 6.45) is 7.41. The molecule has 0 saturated heterocycles. The van der Waals surface area contributed by atoms with Crippen molar-refractivity contribution in [1.82, 2.24) is 15.1 Å². The molecule has 0 fully saturated rings. The van der Waals surface area contributed by atoms with Gasteiger partial charge in [-0.1, -0.05) is 41.9 Å². The Labute approximate surface area is 135 Å². The number of halogens is 1. The molecule has 2 rings (SSSR count). The Balaban J connectivity index is 2.12. The molecule has 1 heterocycles. The van der Waals surface area contributed by atoms with Crippen molar-refractivity contribution in [2.75, 3.05) is 6.54 Å². The number of rotatable bonds is 8. The van der Waals surface area contributed by atoms with E-state index in [1.54, 1.807) is 0 Å². The Morgan fingerprint density at radius 3 is 2.86 bits per heavy atom. The normalized spacial score (nSPS) is 12.5. The maximum Gasteiger partial charge on any atom is 0.0537 e. The van der Waals surface area contributed by atoms with Gasteiger partial charge in [0.1, 0.15) is 0 Å². The van der Waals surface area contributed by atoms with Crippen LogP contribution in [0, 0.1) is 0 Å². The molecule has 1 aromatic carbocycles. The van der Waals surface area contributed by atoms with Crippen LogP contribution in [0.2, 0.25) is 0 Å². The fraction of sp³-hybridized carbons (Fsp3) is 0.471. The summed E-state index contributed by atoms with van der Waals surface area (Å²) in [5.41, 5.74) is 2.61. The monoisotopic (exact) mass is 349 g/mol. The summed E-state index contributed by atoms with van der Waals surface area (Å²) >= 11 is 3.55. The molecule has 21 heavy (non-hydrogen) atoms. The summed E-state index contributed by atoms with van der Waals surface area (Å²) in [5.74, 6) is 0. The third-order valence-electron chi connectivity index (χ3n) is 3.48. The van der Waals surface area contributed by atoms with E-state index in [-0.39, 0.29) is 0 Å². The molecule has 0 bridgehead atoms. The van der Waals surface area contributed by atoms with Gasteiger partial charge in [-0.2, -0.15) is 5.10 Å². The molecular formula is C17H24BrN3. The third kappa shape index (κ3) is 4.97. The van der Waals surface area contributed by atoms with Gasteiger partial charge in [-0.25, -0.2) is 0 Å². The molecular weight excluding hydrogens is 326 g/mol. The molecule has 0 aliphatic heterocycles. The number of hydrogen-bond donors (Lipinski definition) is 1. The maximum absolute atomic E-state index is 4.46. The highest BCUT2D eigenvalue weighted by Gasteiger charge is 2.14. The number of aromatic nitrogens is 2. The highest BCUT2D eigenvalue weighted by Crippen LogP contribution is 2.20. The van der Waals surface area contributed by atoms with E-state index < -0.39 is 0 Å². The first-order valence-corrected chi connectivity index (χ1v) is 8.52. The second kappa shape index (κ2) is 8.35. The van der Waals surface area contributed by atoms with E-state index in [1.807, 2.05) is 10.9 Å². The number of nitrogens with one attached hydrogen (secondary N) is 1. The number of hydrogen-bond acceptors (Lipinski definition) is 2. The summed E-state index contributed by atoms with van der Waals surface area (Å²) in [7, 11) is 0. The van der Waals surface area contributed by atoms with Crippen LogP contribution in [-0.2, 0) is 13.0 Å². The van der Waals surface area contributed by atoms with Crippen molar-refractivity contribution in [3.05, 3.63) is 52.3 Å². The maximum atomic E-state index is 4.46. The molecule has 0 spiro atoms. The molecule has 3 nitrogen and oxygen atoms in total. The van der Waals surface area contributed by atoms with Gasteiger partial charge >= 0.3 is 0 Å². The summed E-state index contributed by atoms with van der Waals surface area (Å²) in [6, 6.07) is 8.86. The van der Waals surface area contributed by atoms with Gasteiger partial charge in [0.2, 0.25) is 0 Å². The van der Waals surface area contributed by atoms with Crippen molar-refractivity contribution in [3.63, 3.8) is 0 Å². The average Bonchev–Trinajstić information content (AvgIpc) is 2.92. The van der Waals surface area contributed by atoms with Crippen molar-refractivity contribution >= 4 is 15.9 Å². The average molecular weight is 350 g/mol. The lowest BCUT2D eigenvalue weighted by atomic mass is 10.0. The van der Waals surface area contributed by atoms with E-state index in [0.717, 1.165) is 36.8 Å². The van der Waals surface area contributed by atoms with E-state index >= 15 is 0 Å². The molecule has 4 heteroatoms. The van der Waals surface area contributed by atoms with Crippen molar-refractivity contribution in [2.45, 2.75) is 45.7 Å². The van der Waals surface area contributed by atoms with Crippen molar-refractivity contribution in [2.24, 2.45) is 0 Å². The van der Waals surface area contributed by atoms with Crippen LogP contribution in [0.1, 0.15) is 43.9 Å². The van der Waals surface area contributed by atoms with Crippen LogP contribution in [0.25, 0.3) is 0 Å². The highest BCUT2D eigenvalue weighted by molar-refractivity contribution is 9.10. The number of aryl methyl sites for hydroxylation is 1. The fourth-order valence-corrected chi connectivity index (χ4v) is 2.88. The molecule has 1 unspecified atom stereocenters. The van der Waals surface area contributed by atoms with E-state index in [4.69, 9.17) is 0 Å². The zero-order valence-electron chi connectivity index (χ0n) is 12.8. The van der Waals surface area contributed by atoms with Crippen molar-refractivity contribution in [1.29, 1.82) is 0 Å². The van der Waals surface area contributed by atoms with Gasteiger partial charge in [-0.05, 0) is 43.5 Å². The quantitative estimate of drug-likeness (QED) is 0.768. The highest BCUT2D eigenvalue weighted by atomic mass is 79.9. The summed E-state index contributed by atoms with van der Waals surface area (Å²) in [4.78, 5) is 0. The van der Waals surface area contributed by atoms with Gasteiger partial charge in [0.15, 0.2) is 0 Å². The van der Waals surface area contributed by atoms with Crippen LogP contribution < -0.4 is 5.32 Å². The van der Waals surface area contributed by atoms with Gasteiger partial charge in [0.05, 0.1) is 6.20 Å². The smallest absolute Gasteiger partial charge is 0.0537 e. The molecule has 1 atom stereocenters. The number of nitrogens with zero attached hydrogens (tertiary/aromatic N) is 2. The molecule has 0 aliphatic rings. The molecule has 1 N–H and O–H groups in total. The predicted octanol–water partition coefficient (Wildman–Crippen LogP) is 4.34. The second-order valence-electron chi connectivity index (χ2n) is 5.38. The first-order valence-electron chi connectivity index (χ1n) is 7.73. The third-order valence-corrected chi connectivity index (χ3v) is 3.97. The summed E-state index contributed by atoms with van der Waals surface area (Å²) < 4.78 is 3.17. The topological polar surface area (TPSA) is 29.9 Å². The minimum atomic E-state index is 0.324. The Hall–Kier alpha value is -1.13. The lowest BCUT2D eigenvalue weighted by molar-refractivity contribution is 0.527. The van der Waals surface area contributed by atoms with Crippen molar-refractivity contribution < 1.29 is 0 Å². The van der Waals surface area contributed by atoms with Crippen LogP contribution >= 0.6 is 15.9 Å². The van der Waals surface area contributed by atoms with Crippen LogP contribution in [0.3, 0.4) is 0 Å². The lowest BCUT2D eigenvalue weighted by Crippen LogP contribution is -2.23. The standard InChI is InChI=1S/C17H24BrN3/c1-3-8-19-17(11-14-6-5-7-16(18)10-14)15-12-20-21(13-15)9-4-2/h5-7,10,12-13,17,19H,3-4,8-9,11H2,1-2H3. The molecule has 0 saturated carbocycles. The second-order valence-corrected chi connectivity index (χ2v) is 6.29. The van der Waals surface area contributed by atoms with Crippen LogP contribution in [0.15, 0.2) is 41.1 Å². The zero-order chi connectivity index (χ0) is 15.1. The van der Waals surface area contributed by atoms with E-state index in [9.17, 15) is 0 Å². The number of benzene rings is 1. The predicted molar refractivity (Wildman–Crippen MR) is 91.4 cm³/mol.